The number of halogens is 3. The Kier molecular flexibility index (Phi) is 9.57. The summed E-state index contributed by atoms with van der Waals surface area (Å²) in [6.07, 6.45) is -4.05. The van der Waals surface area contributed by atoms with Gasteiger partial charge in [-0.3, -0.25) is 9.79 Å². The minimum atomic E-state index is -4.21. The highest BCUT2D eigenvalue weighted by Crippen LogP contribution is 2.18. The van der Waals surface area contributed by atoms with E-state index in [0.29, 0.717) is 25.6 Å². The first-order chi connectivity index (χ1) is 9.39. The Balaban J connectivity index is 4.01. The van der Waals surface area contributed by atoms with Crippen LogP contribution in [0.1, 0.15) is 33.1 Å². The lowest BCUT2D eigenvalue weighted by molar-refractivity contribution is -0.132. The van der Waals surface area contributed by atoms with Gasteiger partial charge in [0.15, 0.2) is 5.96 Å². The van der Waals surface area contributed by atoms with Crippen LogP contribution in [0.5, 0.6) is 0 Å². The molecule has 0 aliphatic carbocycles. The van der Waals surface area contributed by atoms with Gasteiger partial charge in [0.1, 0.15) is 0 Å². The molecule has 0 radical (unpaired) electrons. The van der Waals surface area contributed by atoms with Crippen molar-refractivity contribution in [2.45, 2.75) is 39.3 Å². The number of rotatable bonds is 8. The van der Waals surface area contributed by atoms with Gasteiger partial charge in [0.25, 0.3) is 0 Å². The standard InChI is InChI=1S/C12H23F3N4O/c1-3-7-17-10(20)5-8-18-11(16-4-2)19-9-6-12(13,14)15/h3-9H2,1-2H3,(H,17,20)(H2,16,18,19). The maximum Gasteiger partial charge on any atom is 0.390 e. The molecule has 8 heteroatoms. The zero-order chi connectivity index (χ0) is 15.4. The molecule has 0 heterocycles. The summed E-state index contributed by atoms with van der Waals surface area (Å²) >= 11 is 0. The number of carbonyl (C=O) groups is 1. The summed E-state index contributed by atoms with van der Waals surface area (Å²) in [5.41, 5.74) is 0. The molecule has 0 fully saturated rings. The van der Waals surface area contributed by atoms with Gasteiger partial charge in [-0.05, 0) is 13.3 Å². The maximum atomic E-state index is 12.0. The molecule has 20 heavy (non-hydrogen) atoms. The van der Waals surface area contributed by atoms with Crippen molar-refractivity contribution in [1.29, 1.82) is 0 Å². The molecule has 0 aromatic heterocycles. The largest absolute Gasteiger partial charge is 0.390 e. The Bertz CT molecular complexity index is 306. The maximum absolute atomic E-state index is 12.0. The van der Waals surface area contributed by atoms with Crippen LogP contribution >= 0.6 is 0 Å². The van der Waals surface area contributed by atoms with E-state index in [1.807, 2.05) is 13.8 Å². The third kappa shape index (κ3) is 11.6. The molecule has 0 saturated heterocycles. The molecule has 0 unspecified atom stereocenters. The Labute approximate surface area is 117 Å². The molecular formula is C12H23F3N4O. The first kappa shape index (κ1) is 18.5. The van der Waals surface area contributed by atoms with Crippen molar-refractivity contribution in [3.8, 4) is 0 Å². The number of amides is 1. The second-order valence-corrected chi connectivity index (χ2v) is 4.15. The van der Waals surface area contributed by atoms with Crippen LogP contribution in [0, 0.1) is 0 Å². The van der Waals surface area contributed by atoms with Gasteiger partial charge in [-0.1, -0.05) is 6.92 Å². The van der Waals surface area contributed by atoms with Crippen molar-refractivity contribution >= 4 is 11.9 Å². The van der Waals surface area contributed by atoms with Crippen LogP contribution in [-0.4, -0.2) is 44.2 Å². The van der Waals surface area contributed by atoms with Crippen LogP contribution in [0.3, 0.4) is 0 Å². The van der Waals surface area contributed by atoms with Crippen molar-refractivity contribution in [2.75, 3.05) is 26.2 Å². The van der Waals surface area contributed by atoms with E-state index in [1.165, 1.54) is 0 Å². The summed E-state index contributed by atoms with van der Waals surface area (Å²) in [5, 5.41) is 8.36. The molecule has 0 spiro atoms. The van der Waals surface area contributed by atoms with Crippen LogP contribution in [-0.2, 0) is 4.79 Å². The summed E-state index contributed by atoms with van der Waals surface area (Å²) in [7, 11) is 0. The van der Waals surface area contributed by atoms with Crippen LogP contribution in [0.15, 0.2) is 4.99 Å². The number of hydrogen-bond donors (Lipinski definition) is 3. The van der Waals surface area contributed by atoms with E-state index in [1.54, 1.807) is 0 Å². The van der Waals surface area contributed by atoms with Gasteiger partial charge in [-0.2, -0.15) is 13.2 Å². The van der Waals surface area contributed by atoms with Gasteiger partial charge in [0, 0.05) is 26.1 Å². The fourth-order valence-electron chi connectivity index (χ4n) is 1.28. The smallest absolute Gasteiger partial charge is 0.357 e. The number of hydrogen-bond acceptors (Lipinski definition) is 2. The van der Waals surface area contributed by atoms with E-state index in [-0.39, 0.29) is 18.9 Å². The SMILES string of the molecule is CCCNC(=O)CCNC(=NCCC(F)(F)F)NCC. The van der Waals surface area contributed by atoms with Crippen molar-refractivity contribution in [2.24, 2.45) is 4.99 Å². The minimum Gasteiger partial charge on any atom is -0.357 e. The number of aliphatic imine (C=N–C) groups is 1. The van der Waals surface area contributed by atoms with E-state index in [9.17, 15) is 18.0 Å². The molecule has 0 aliphatic heterocycles. The van der Waals surface area contributed by atoms with Crippen molar-refractivity contribution < 1.29 is 18.0 Å². The highest BCUT2D eigenvalue weighted by Gasteiger charge is 2.26. The number of nitrogens with one attached hydrogen (secondary N) is 3. The zero-order valence-electron chi connectivity index (χ0n) is 11.9. The number of nitrogens with zero attached hydrogens (tertiary/aromatic N) is 1. The lowest BCUT2D eigenvalue weighted by Gasteiger charge is -2.11. The topological polar surface area (TPSA) is 65.5 Å². The molecule has 0 aromatic rings. The van der Waals surface area contributed by atoms with E-state index < -0.39 is 12.6 Å². The van der Waals surface area contributed by atoms with Crippen molar-refractivity contribution in [3.05, 3.63) is 0 Å². The lowest BCUT2D eigenvalue weighted by atomic mass is 10.4. The first-order valence-electron chi connectivity index (χ1n) is 6.74. The Morgan fingerprint density at radius 2 is 1.80 bits per heavy atom. The molecule has 0 aromatic carbocycles. The number of alkyl halides is 3. The fraction of sp³-hybridized carbons (Fsp3) is 0.833. The molecular weight excluding hydrogens is 273 g/mol. The third-order valence-corrected chi connectivity index (χ3v) is 2.23. The van der Waals surface area contributed by atoms with Gasteiger partial charge in [-0.15, -0.1) is 0 Å². The summed E-state index contributed by atoms with van der Waals surface area (Å²) in [4.78, 5) is 15.1. The van der Waals surface area contributed by atoms with E-state index in [2.05, 4.69) is 20.9 Å². The highest BCUT2D eigenvalue weighted by molar-refractivity contribution is 5.81. The predicted molar refractivity (Wildman–Crippen MR) is 72.6 cm³/mol. The van der Waals surface area contributed by atoms with Gasteiger partial charge >= 0.3 is 6.18 Å². The van der Waals surface area contributed by atoms with Crippen molar-refractivity contribution in [3.63, 3.8) is 0 Å². The third-order valence-electron chi connectivity index (χ3n) is 2.23. The molecule has 3 N–H and O–H groups in total. The van der Waals surface area contributed by atoms with Gasteiger partial charge in [-0.25, -0.2) is 0 Å². The quantitative estimate of drug-likeness (QED) is 0.469. The van der Waals surface area contributed by atoms with Crippen molar-refractivity contribution in [1.82, 2.24) is 16.0 Å². The molecule has 5 nitrogen and oxygen atoms in total. The monoisotopic (exact) mass is 296 g/mol. The van der Waals surface area contributed by atoms with Gasteiger partial charge in [0.05, 0.1) is 13.0 Å². The highest BCUT2D eigenvalue weighted by atomic mass is 19.4. The number of guanidine groups is 1. The average Bonchev–Trinajstić information content (AvgIpc) is 2.34. The normalized spacial score (nSPS) is 12.2. The second kappa shape index (κ2) is 10.3. The molecule has 0 atom stereocenters. The second-order valence-electron chi connectivity index (χ2n) is 4.15. The van der Waals surface area contributed by atoms with Crippen LogP contribution in [0.2, 0.25) is 0 Å². The van der Waals surface area contributed by atoms with Gasteiger partial charge < -0.3 is 16.0 Å². The van der Waals surface area contributed by atoms with Crippen LogP contribution < -0.4 is 16.0 Å². The summed E-state index contributed by atoms with van der Waals surface area (Å²) in [5.74, 6) is 0.200. The zero-order valence-corrected chi connectivity index (χ0v) is 11.9. The minimum absolute atomic E-state index is 0.0921. The Morgan fingerprint density at radius 1 is 1.10 bits per heavy atom. The molecule has 0 bridgehead atoms. The Morgan fingerprint density at radius 3 is 2.35 bits per heavy atom. The summed E-state index contributed by atoms with van der Waals surface area (Å²) in [6.45, 7) is 4.93. The van der Waals surface area contributed by atoms with Crippen LogP contribution in [0.4, 0.5) is 13.2 Å². The summed E-state index contributed by atoms with van der Waals surface area (Å²) in [6, 6.07) is 0. The molecule has 0 aliphatic rings. The number of carbonyl (C=O) groups excluding carboxylic acids is 1. The van der Waals surface area contributed by atoms with Gasteiger partial charge in [0.2, 0.25) is 5.91 Å². The lowest BCUT2D eigenvalue weighted by Crippen LogP contribution is -2.39. The van der Waals surface area contributed by atoms with E-state index >= 15 is 0 Å². The molecule has 0 saturated carbocycles. The average molecular weight is 296 g/mol. The van der Waals surface area contributed by atoms with Crippen LogP contribution in [0.25, 0.3) is 0 Å². The van der Waals surface area contributed by atoms with E-state index in [4.69, 9.17) is 0 Å². The summed E-state index contributed by atoms with van der Waals surface area (Å²) < 4.78 is 36.0. The molecule has 0 rings (SSSR count). The Hall–Kier alpha value is -1.47. The molecule has 1 amide bonds. The van der Waals surface area contributed by atoms with E-state index in [0.717, 1.165) is 6.42 Å². The predicted octanol–water partition coefficient (Wildman–Crippen LogP) is 1.41. The molecule has 118 valence electrons. The first-order valence-corrected chi connectivity index (χ1v) is 6.74. The fourth-order valence-corrected chi connectivity index (χ4v) is 1.28.